The van der Waals surface area contributed by atoms with Crippen LogP contribution in [0.15, 0.2) is 53.2 Å². The third kappa shape index (κ3) is 7.20. The summed E-state index contributed by atoms with van der Waals surface area (Å²) >= 11 is 12.1. The van der Waals surface area contributed by atoms with Gasteiger partial charge in [-0.15, -0.1) is 6.42 Å². The van der Waals surface area contributed by atoms with Gasteiger partial charge in [-0.05, 0) is 76.7 Å². The minimum absolute atomic E-state index is 0.0152. The molecule has 2 aromatic rings. The molecule has 1 heterocycles. The van der Waals surface area contributed by atoms with Crippen molar-refractivity contribution in [2.75, 3.05) is 20.3 Å². The fraction of sp³-hybridized carbons (Fsp3) is 0.323. The molecule has 0 bridgehead atoms. The van der Waals surface area contributed by atoms with Crippen molar-refractivity contribution in [3.63, 3.8) is 0 Å². The van der Waals surface area contributed by atoms with E-state index >= 15 is 0 Å². The van der Waals surface area contributed by atoms with Crippen LogP contribution in [0.4, 0.5) is 0 Å². The highest BCUT2D eigenvalue weighted by Crippen LogP contribution is 2.41. The normalized spacial score (nSPS) is 15.3. The maximum Gasteiger partial charge on any atom is 0.338 e. The van der Waals surface area contributed by atoms with Crippen LogP contribution in [-0.4, -0.2) is 48.3 Å². The number of carbonyl (C=O) groups excluding carboxylic acids is 2. The van der Waals surface area contributed by atoms with Crippen LogP contribution in [0.5, 0.6) is 17.2 Å². The lowest BCUT2D eigenvalue weighted by Gasteiger charge is -2.39. The number of terminal acetylenes is 1. The number of esters is 1. The van der Waals surface area contributed by atoms with Crippen molar-refractivity contribution in [1.82, 2.24) is 10.2 Å². The zero-order valence-electron chi connectivity index (χ0n) is 23.9. The van der Waals surface area contributed by atoms with Crippen molar-refractivity contribution >= 4 is 46.9 Å². The molecule has 0 radical (unpaired) electrons. The van der Waals surface area contributed by atoms with Gasteiger partial charge in [0, 0.05) is 16.8 Å². The number of benzene rings is 2. The Morgan fingerprint density at radius 3 is 2.59 bits per heavy atom. The summed E-state index contributed by atoms with van der Waals surface area (Å²) in [6.45, 7) is 9.06. The molecule has 0 aromatic heterocycles. The van der Waals surface area contributed by atoms with Gasteiger partial charge in [0.2, 0.25) is 0 Å². The molecule has 8 nitrogen and oxygen atoms in total. The highest BCUT2D eigenvalue weighted by atomic mass is 35.5. The van der Waals surface area contributed by atoms with Crippen LogP contribution >= 0.6 is 23.8 Å². The Hall–Kier alpha value is -4.00. The predicted octanol–water partition coefficient (Wildman–Crippen LogP) is 5.85. The lowest BCUT2D eigenvalue weighted by Crippen LogP contribution is -2.51. The Morgan fingerprint density at radius 1 is 1.24 bits per heavy atom. The van der Waals surface area contributed by atoms with E-state index in [-0.39, 0.29) is 35.0 Å². The van der Waals surface area contributed by atoms with Gasteiger partial charge in [-0.2, -0.15) is 0 Å². The fourth-order valence-electron chi connectivity index (χ4n) is 4.36. The summed E-state index contributed by atoms with van der Waals surface area (Å²) in [4.78, 5) is 28.7. The van der Waals surface area contributed by atoms with Crippen molar-refractivity contribution in [3.05, 3.63) is 69.4 Å². The number of amides is 1. The van der Waals surface area contributed by atoms with Crippen LogP contribution in [0, 0.1) is 12.3 Å². The first-order valence-electron chi connectivity index (χ1n) is 12.9. The number of rotatable bonds is 10. The molecule has 216 valence electrons. The maximum absolute atomic E-state index is 14.1. The molecule has 10 heteroatoms. The minimum Gasteiger partial charge on any atom is -0.493 e. The summed E-state index contributed by atoms with van der Waals surface area (Å²) in [5, 5.41) is 3.40. The van der Waals surface area contributed by atoms with E-state index in [1.807, 2.05) is 32.0 Å². The number of ether oxygens (including phenoxy) is 4. The zero-order chi connectivity index (χ0) is 30.3. The van der Waals surface area contributed by atoms with Crippen LogP contribution in [0.3, 0.4) is 0 Å². The second kappa shape index (κ2) is 14.1. The van der Waals surface area contributed by atoms with E-state index in [1.54, 1.807) is 45.0 Å². The molecule has 1 N–H and O–H groups in total. The van der Waals surface area contributed by atoms with E-state index in [1.165, 1.54) is 12.0 Å². The molecule has 1 aliphatic rings. The predicted molar refractivity (Wildman–Crippen MR) is 163 cm³/mol. The third-order valence-corrected chi connectivity index (χ3v) is 6.59. The molecule has 1 unspecified atom stereocenters. The quantitative estimate of drug-likeness (QED) is 0.158. The lowest BCUT2D eigenvalue weighted by molar-refractivity contribution is -0.139. The average Bonchev–Trinajstić information content (AvgIpc) is 2.91. The molecule has 3 rings (SSSR count). The topological polar surface area (TPSA) is 86.3 Å². The van der Waals surface area contributed by atoms with Crippen molar-refractivity contribution in [2.45, 2.75) is 46.8 Å². The molecule has 0 saturated heterocycles. The SMILES string of the molecule is C#CCOc1c(Cl)cc(/C=C(\C)C(=O)N2C(=S)NC(C)=C(C(=O)OCC)C2c2ccccc2OC(C)C)cc1OC. The van der Waals surface area contributed by atoms with E-state index in [0.717, 1.165) is 0 Å². The van der Waals surface area contributed by atoms with Crippen LogP contribution < -0.4 is 19.5 Å². The van der Waals surface area contributed by atoms with Gasteiger partial charge in [0.1, 0.15) is 18.4 Å². The van der Waals surface area contributed by atoms with E-state index in [9.17, 15) is 9.59 Å². The number of para-hydroxylation sites is 1. The summed E-state index contributed by atoms with van der Waals surface area (Å²) in [7, 11) is 1.48. The fourth-order valence-corrected chi connectivity index (χ4v) is 4.98. The lowest BCUT2D eigenvalue weighted by atomic mass is 9.92. The molecule has 2 aromatic carbocycles. The highest BCUT2D eigenvalue weighted by Gasteiger charge is 2.41. The molecule has 0 saturated carbocycles. The standard InChI is InChI=1S/C31H33ClN2O6S/c1-8-14-39-28-23(32)16-21(17-25(28)37-7)15-19(5)29(35)34-27(22-12-10-11-13-24(22)40-18(3)4)26(30(36)38-9-2)20(6)33-31(34)41/h1,10-13,15-18,27H,9,14H2,2-7H3,(H,33,41)/b19-15+. The minimum atomic E-state index is -0.911. The van der Waals surface area contributed by atoms with Gasteiger partial charge in [0.15, 0.2) is 16.6 Å². The number of methoxy groups -OCH3 is 1. The average molecular weight is 597 g/mol. The van der Waals surface area contributed by atoms with Crippen molar-refractivity contribution < 1.29 is 28.5 Å². The van der Waals surface area contributed by atoms with Gasteiger partial charge in [-0.3, -0.25) is 9.69 Å². The van der Waals surface area contributed by atoms with Crippen LogP contribution in [0.1, 0.15) is 51.8 Å². The number of halogens is 1. The van der Waals surface area contributed by atoms with Crippen molar-refractivity contribution in [2.24, 2.45) is 0 Å². The molecule has 0 aliphatic carbocycles. The van der Waals surface area contributed by atoms with E-state index in [2.05, 4.69) is 11.2 Å². The van der Waals surface area contributed by atoms with Crippen LogP contribution in [0.25, 0.3) is 6.08 Å². The summed E-state index contributed by atoms with van der Waals surface area (Å²) in [5.41, 5.74) is 2.23. The Kier molecular flexibility index (Phi) is 10.8. The summed E-state index contributed by atoms with van der Waals surface area (Å²) in [6, 6.07) is 9.65. The zero-order valence-corrected chi connectivity index (χ0v) is 25.4. The number of thiocarbonyl (C=S) groups is 1. The largest absolute Gasteiger partial charge is 0.493 e. The van der Waals surface area contributed by atoms with E-state index in [4.69, 9.17) is 49.2 Å². The van der Waals surface area contributed by atoms with Crippen LogP contribution in [0.2, 0.25) is 5.02 Å². The Bertz CT molecular complexity index is 1440. The molecular formula is C31H33ClN2O6S. The molecular weight excluding hydrogens is 564 g/mol. The number of allylic oxidation sites excluding steroid dienone is 1. The van der Waals surface area contributed by atoms with Crippen molar-refractivity contribution in [1.29, 1.82) is 0 Å². The number of nitrogens with one attached hydrogen (secondary N) is 1. The smallest absolute Gasteiger partial charge is 0.338 e. The number of nitrogens with zero attached hydrogens (tertiary/aromatic N) is 1. The second-order valence-electron chi connectivity index (χ2n) is 9.33. The van der Waals surface area contributed by atoms with Crippen molar-refractivity contribution in [3.8, 4) is 29.6 Å². The van der Waals surface area contributed by atoms with Gasteiger partial charge < -0.3 is 24.3 Å². The number of carbonyl (C=O) groups is 2. The number of hydrogen-bond acceptors (Lipinski definition) is 7. The van der Waals surface area contributed by atoms with E-state index < -0.39 is 17.9 Å². The molecule has 1 aliphatic heterocycles. The molecule has 1 atom stereocenters. The van der Waals surface area contributed by atoms with Gasteiger partial charge in [0.05, 0.1) is 30.4 Å². The first-order chi connectivity index (χ1) is 19.5. The first-order valence-corrected chi connectivity index (χ1v) is 13.7. The second-order valence-corrected chi connectivity index (χ2v) is 10.1. The highest BCUT2D eigenvalue weighted by molar-refractivity contribution is 7.80. The molecule has 1 amide bonds. The van der Waals surface area contributed by atoms with E-state index in [0.29, 0.717) is 39.6 Å². The van der Waals surface area contributed by atoms with Crippen LogP contribution in [-0.2, 0) is 14.3 Å². The maximum atomic E-state index is 14.1. The summed E-state index contributed by atoms with van der Waals surface area (Å²) < 4.78 is 22.4. The van der Waals surface area contributed by atoms with Gasteiger partial charge in [0.25, 0.3) is 5.91 Å². The molecule has 41 heavy (non-hydrogen) atoms. The summed E-state index contributed by atoms with van der Waals surface area (Å²) in [6.07, 6.45) is 6.80. The molecule has 0 spiro atoms. The van der Waals surface area contributed by atoms with Gasteiger partial charge in [-0.25, -0.2) is 4.79 Å². The van der Waals surface area contributed by atoms with Gasteiger partial charge in [-0.1, -0.05) is 35.7 Å². The monoisotopic (exact) mass is 596 g/mol. The summed E-state index contributed by atoms with van der Waals surface area (Å²) in [5.74, 6) is 2.56. The Balaban J connectivity index is 2.15. The Morgan fingerprint density at radius 2 is 1.95 bits per heavy atom. The third-order valence-electron chi connectivity index (χ3n) is 6.01. The number of hydrogen-bond donors (Lipinski definition) is 1. The first kappa shape index (κ1) is 31.5. The molecule has 0 fully saturated rings. The Labute approximate surface area is 251 Å². The van der Waals surface area contributed by atoms with Gasteiger partial charge >= 0.3 is 5.97 Å².